The number of carbonyl (C=O) groups is 2. The Balaban J connectivity index is 1.29. The molecular weight excluding hydrogens is 372 g/mol. The number of benzene rings is 1. The second-order valence-corrected chi connectivity index (χ2v) is 8.28. The molecule has 158 valence electrons. The van der Waals surface area contributed by atoms with Crippen LogP contribution in [0.2, 0.25) is 0 Å². The number of ether oxygens (including phenoxy) is 3. The summed E-state index contributed by atoms with van der Waals surface area (Å²) in [6, 6.07) is 5.10. The Morgan fingerprint density at radius 1 is 1.10 bits per heavy atom. The molecule has 1 aromatic carbocycles. The minimum Gasteiger partial charge on any atom is -0.454 e. The zero-order chi connectivity index (χ0) is 20.4. The summed E-state index contributed by atoms with van der Waals surface area (Å²) < 4.78 is 16.3. The number of carbonyl (C=O) groups excluding carboxylic acids is 2. The predicted octanol–water partition coefficient (Wildman–Crippen LogP) is 3.46. The first kappa shape index (κ1) is 20.0. The van der Waals surface area contributed by atoms with Crippen molar-refractivity contribution in [3.05, 3.63) is 23.8 Å². The molecule has 1 aliphatic carbocycles. The van der Waals surface area contributed by atoms with Gasteiger partial charge in [-0.25, -0.2) is 4.79 Å². The van der Waals surface area contributed by atoms with Gasteiger partial charge in [-0.05, 0) is 76.7 Å². The Kier molecular flexibility index (Phi) is 5.94. The van der Waals surface area contributed by atoms with Gasteiger partial charge in [-0.2, -0.15) is 0 Å². The van der Waals surface area contributed by atoms with Gasteiger partial charge in [0.15, 0.2) is 17.3 Å². The summed E-state index contributed by atoms with van der Waals surface area (Å²) in [4.78, 5) is 29.4. The fraction of sp³-hybridized carbons (Fsp3) is 0.636. The van der Waals surface area contributed by atoms with Crippen LogP contribution in [0.1, 0.15) is 55.8 Å². The number of ketones is 1. The Morgan fingerprint density at radius 2 is 1.79 bits per heavy atom. The maximum atomic E-state index is 12.8. The smallest absolute Gasteiger partial charge is 0.410 e. The van der Waals surface area contributed by atoms with Crippen molar-refractivity contribution in [1.82, 2.24) is 9.80 Å². The molecule has 0 bridgehead atoms. The lowest BCUT2D eigenvalue weighted by atomic mass is 9.92. The predicted molar refractivity (Wildman–Crippen MR) is 107 cm³/mol. The third kappa shape index (κ3) is 4.34. The van der Waals surface area contributed by atoms with E-state index in [-0.39, 0.29) is 18.7 Å². The first-order valence-corrected chi connectivity index (χ1v) is 10.6. The fourth-order valence-electron chi connectivity index (χ4n) is 4.49. The molecule has 0 N–H and O–H groups in total. The van der Waals surface area contributed by atoms with Crippen LogP contribution in [0.15, 0.2) is 18.2 Å². The summed E-state index contributed by atoms with van der Waals surface area (Å²) in [5.41, 5.74) is 0.493. The average Bonchev–Trinajstić information content (AvgIpc) is 3.44. The first-order valence-electron chi connectivity index (χ1n) is 10.6. The second kappa shape index (κ2) is 8.61. The number of amides is 1. The quantitative estimate of drug-likeness (QED) is 0.703. The van der Waals surface area contributed by atoms with Gasteiger partial charge in [0.2, 0.25) is 6.79 Å². The third-order valence-corrected chi connectivity index (χ3v) is 6.47. The molecule has 0 spiro atoms. The van der Waals surface area contributed by atoms with Gasteiger partial charge in [-0.1, -0.05) is 0 Å². The Hall–Kier alpha value is -2.28. The van der Waals surface area contributed by atoms with Gasteiger partial charge >= 0.3 is 6.09 Å². The molecule has 0 aromatic heterocycles. The van der Waals surface area contributed by atoms with Crippen LogP contribution < -0.4 is 9.47 Å². The first-order chi connectivity index (χ1) is 14.0. The van der Waals surface area contributed by atoms with E-state index < -0.39 is 12.1 Å². The monoisotopic (exact) mass is 402 g/mol. The van der Waals surface area contributed by atoms with Gasteiger partial charge in [0.25, 0.3) is 0 Å². The van der Waals surface area contributed by atoms with Crippen LogP contribution in [0, 0.1) is 0 Å². The topological polar surface area (TPSA) is 68.3 Å². The maximum Gasteiger partial charge on any atom is 0.410 e. The summed E-state index contributed by atoms with van der Waals surface area (Å²) in [5.74, 6) is 1.04. The van der Waals surface area contributed by atoms with E-state index in [9.17, 15) is 9.59 Å². The minimum absolute atomic E-state index is 0.0587. The van der Waals surface area contributed by atoms with Crippen molar-refractivity contribution in [2.24, 2.45) is 0 Å². The molecule has 1 unspecified atom stereocenters. The molecule has 1 saturated carbocycles. The molecule has 29 heavy (non-hydrogen) atoms. The summed E-state index contributed by atoms with van der Waals surface area (Å²) in [5, 5.41) is 0. The number of likely N-dealkylation sites (N-methyl/N-ethyl adjacent to an activating group) is 1. The van der Waals surface area contributed by atoms with E-state index in [4.69, 9.17) is 14.2 Å². The molecule has 1 saturated heterocycles. The SMILES string of the molecule is CC(C(=O)c1ccc2c(c1)OCO2)N(C)C(=O)OC1CCC(N2CCCC2)CC1. The third-order valence-electron chi connectivity index (χ3n) is 6.47. The van der Waals surface area contributed by atoms with Crippen LogP contribution in [0.3, 0.4) is 0 Å². The number of fused-ring (bicyclic) bond motifs is 1. The van der Waals surface area contributed by atoms with E-state index in [2.05, 4.69) is 4.90 Å². The van der Waals surface area contributed by atoms with Crippen molar-refractivity contribution in [3.8, 4) is 11.5 Å². The summed E-state index contributed by atoms with van der Waals surface area (Å²) in [6.45, 7) is 4.29. The lowest BCUT2D eigenvalue weighted by molar-refractivity contribution is 0.0285. The van der Waals surface area contributed by atoms with Crippen LogP contribution in [0.25, 0.3) is 0 Å². The summed E-state index contributed by atoms with van der Waals surface area (Å²) in [7, 11) is 1.62. The molecule has 7 nitrogen and oxygen atoms in total. The van der Waals surface area contributed by atoms with Crippen LogP contribution in [-0.2, 0) is 4.74 Å². The zero-order valence-corrected chi connectivity index (χ0v) is 17.3. The van der Waals surface area contributed by atoms with E-state index in [1.54, 1.807) is 32.2 Å². The van der Waals surface area contributed by atoms with Crippen molar-refractivity contribution in [2.75, 3.05) is 26.9 Å². The van der Waals surface area contributed by atoms with E-state index >= 15 is 0 Å². The van der Waals surface area contributed by atoms with Gasteiger partial charge < -0.3 is 24.0 Å². The van der Waals surface area contributed by atoms with Gasteiger partial charge in [0, 0.05) is 18.7 Å². The van der Waals surface area contributed by atoms with Crippen molar-refractivity contribution in [3.63, 3.8) is 0 Å². The largest absolute Gasteiger partial charge is 0.454 e. The molecule has 2 heterocycles. The molecular formula is C22H30N2O5. The highest BCUT2D eigenvalue weighted by molar-refractivity contribution is 6.01. The molecule has 4 rings (SSSR count). The fourth-order valence-corrected chi connectivity index (χ4v) is 4.49. The molecule has 1 amide bonds. The lowest BCUT2D eigenvalue weighted by Crippen LogP contribution is -2.43. The summed E-state index contributed by atoms with van der Waals surface area (Å²) >= 11 is 0. The van der Waals surface area contributed by atoms with Crippen molar-refractivity contribution in [1.29, 1.82) is 0 Å². The van der Waals surface area contributed by atoms with Crippen molar-refractivity contribution < 1.29 is 23.8 Å². The molecule has 7 heteroatoms. The van der Waals surface area contributed by atoms with Crippen LogP contribution in [0.4, 0.5) is 4.79 Å². The minimum atomic E-state index is -0.621. The number of hydrogen-bond acceptors (Lipinski definition) is 6. The molecule has 3 aliphatic rings. The highest BCUT2D eigenvalue weighted by Crippen LogP contribution is 2.33. The normalized spacial score (nSPS) is 24.9. The Labute approximate surface area is 171 Å². The number of hydrogen-bond donors (Lipinski definition) is 0. The van der Waals surface area contributed by atoms with Crippen LogP contribution in [-0.4, -0.2) is 66.8 Å². The lowest BCUT2D eigenvalue weighted by Gasteiger charge is -2.35. The number of Topliss-reactive ketones (excluding diaryl/α,β-unsaturated/α-hetero) is 1. The van der Waals surface area contributed by atoms with E-state index in [0.29, 0.717) is 23.1 Å². The Morgan fingerprint density at radius 3 is 2.52 bits per heavy atom. The van der Waals surface area contributed by atoms with Gasteiger partial charge in [-0.15, -0.1) is 0 Å². The van der Waals surface area contributed by atoms with Gasteiger partial charge in [0.1, 0.15) is 6.10 Å². The maximum absolute atomic E-state index is 12.8. The number of nitrogens with zero attached hydrogens (tertiary/aromatic N) is 2. The zero-order valence-electron chi connectivity index (χ0n) is 17.3. The number of rotatable bonds is 5. The van der Waals surface area contributed by atoms with E-state index in [1.165, 1.54) is 30.8 Å². The van der Waals surface area contributed by atoms with Crippen LogP contribution >= 0.6 is 0 Å². The van der Waals surface area contributed by atoms with Crippen molar-refractivity contribution >= 4 is 11.9 Å². The molecule has 1 atom stereocenters. The molecule has 0 radical (unpaired) electrons. The highest BCUT2D eigenvalue weighted by Gasteiger charge is 2.31. The van der Waals surface area contributed by atoms with Gasteiger partial charge in [0.05, 0.1) is 6.04 Å². The number of likely N-dealkylation sites (tertiary alicyclic amines) is 1. The molecule has 1 aromatic rings. The highest BCUT2D eigenvalue weighted by atomic mass is 16.7. The Bertz CT molecular complexity index is 754. The average molecular weight is 402 g/mol. The van der Waals surface area contributed by atoms with Crippen molar-refractivity contribution in [2.45, 2.75) is 63.6 Å². The van der Waals surface area contributed by atoms with Gasteiger partial charge in [-0.3, -0.25) is 4.79 Å². The molecule has 2 fully saturated rings. The van der Waals surface area contributed by atoms with E-state index in [0.717, 1.165) is 25.7 Å². The molecule has 2 aliphatic heterocycles. The van der Waals surface area contributed by atoms with E-state index in [1.807, 2.05) is 0 Å². The standard InChI is InChI=1S/C22H30N2O5/c1-15(21(25)16-5-10-19-20(13-16)28-14-27-19)23(2)22(26)29-18-8-6-17(7-9-18)24-11-3-4-12-24/h5,10,13,15,17-18H,3-4,6-9,11-12,14H2,1-2H3. The summed E-state index contributed by atoms with van der Waals surface area (Å²) in [6.07, 6.45) is 6.05. The van der Waals surface area contributed by atoms with Crippen LogP contribution in [0.5, 0.6) is 11.5 Å². The second-order valence-electron chi connectivity index (χ2n) is 8.28.